The Morgan fingerprint density at radius 2 is 1.79 bits per heavy atom. The Kier molecular flexibility index (Phi) is 5.73. The fourth-order valence-corrected chi connectivity index (χ4v) is 9.00. The van der Waals surface area contributed by atoms with E-state index in [-0.39, 0.29) is 28.8 Å². The number of hydrogen-bond acceptors (Lipinski definition) is 3. The summed E-state index contributed by atoms with van der Waals surface area (Å²) >= 11 is 0. The summed E-state index contributed by atoms with van der Waals surface area (Å²) in [5.74, 6) is 3.82. The molecule has 0 amide bonds. The summed E-state index contributed by atoms with van der Waals surface area (Å²) in [7, 11) is 0. The largest absolute Gasteiger partial charge is 0.393 e. The lowest BCUT2D eigenvalue weighted by Crippen LogP contribution is -2.62. The molecule has 3 heteroatoms. The van der Waals surface area contributed by atoms with Crippen molar-refractivity contribution in [3.8, 4) is 0 Å². The topological polar surface area (TPSA) is 57.5 Å². The highest BCUT2D eigenvalue weighted by Gasteiger charge is 2.65. The van der Waals surface area contributed by atoms with E-state index < -0.39 is 0 Å². The van der Waals surface area contributed by atoms with Gasteiger partial charge in [-0.2, -0.15) is 0 Å². The van der Waals surface area contributed by atoms with Gasteiger partial charge in [-0.3, -0.25) is 0 Å². The number of aliphatic hydroxyl groups excluding tert-OH is 2. The van der Waals surface area contributed by atoms with Crippen LogP contribution in [0.15, 0.2) is 0 Å². The quantitative estimate of drug-likeness (QED) is 0.675. The van der Waals surface area contributed by atoms with Crippen molar-refractivity contribution in [2.75, 3.05) is 0 Å². The lowest BCUT2D eigenvalue weighted by Gasteiger charge is -2.63. The van der Waals surface area contributed by atoms with E-state index in [9.17, 15) is 15.0 Å². The molecule has 0 heterocycles. The SMILES string of the molecule is CC(=O)CC[C@@H](C)[C@H]1CC[C@H]2[C@@H]3[C@H](O)C[C@@H]4C[C@H](C)CC[C@]4(C)[C@H]3C[C@H](O)[C@]12C. The highest BCUT2D eigenvalue weighted by Crippen LogP contribution is 2.68. The van der Waals surface area contributed by atoms with E-state index in [2.05, 4.69) is 27.7 Å². The van der Waals surface area contributed by atoms with Gasteiger partial charge >= 0.3 is 0 Å². The van der Waals surface area contributed by atoms with Gasteiger partial charge < -0.3 is 15.0 Å². The molecular formula is C26H44O3. The summed E-state index contributed by atoms with van der Waals surface area (Å²) in [5.41, 5.74) is 0.181. The third-order valence-electron chi connectivity index (χ3n) is 10.8. The third-order valence-corrected chi connectivity index (χ3v) is 10.8. The van der Waals surface area contributed by atoms with Crippen LogP contribution in [-0.4, -0.2) is 28.2 Å². The van der Waals surface area contributed by atoms with Gasteiger partial charge in [-0.1, -0.05) is 34.1 Å². The number of carbonyl (C=O) groups is 1. The summed E-state index contributed by atoms with van der Waals surface area (Å²) in [6.45, 7) is 11.2. The van der Waals surface area contributed by atoms with Crippen LogP contribution in [0.3, 0.4) is 0 Å². The van der Waals surface area contributed by atoms with Gasteiger partial charge in [0.25, 0.3) is 0 Å². The average Bonchev–Trinajstić information content (AvgIpc) is 3.01. The summed E-state index contributed by atoms with van der Waals surface area (Å²) in [5, 5.41) is 22.9. The lowest BCUT2D eigenvalue weighted by molar-refractivity contribution is -0.203. The number of rotatable bonds is 4. The smallest absolute Gasteiger partial charge is 0.129 e. The maximum Gasteiger partial charge on any atom is 0.129 e. The Balaban J connectivity index is 1.61. The predicted octanol–water partition coefficient (Wildman–Crippen LogP) is 5.23. The Hall–Kier alpha value is -0.410. The van der Waals surface area contributed by atoms with Crippen LogP contribution >= 0.6 is 0 Å². The Labute approximate surface area is 178 Å². The zero-order valence-corrected chi connectivity index (χ0v) is 19.4. The van der Waals surface area contributed by atoms with Gasteiger partial charge in [-0.05, 0) is 104 Å². The third kappa shape index (κ3) is 3.34. The van der Waals surface area contributed by atoms with Crippen LogP contribution in [0.1, 0.15) is 92.4 Å². The summed E-state index contributed by atoms with van der Waals surface area (Å²) < 4.78 is 0. The molecule has 4 saturated carbocycles. The minimum absolute atomic E-state index is 0.108. The fourth-order valence-electron chi connectivity index (χ4n) is 9.00. The molecule has 4 aliphatic carbocycles. The summed E-state index contributed by atoms with van der Waals surface area (Å²) in [4.78, 5) is 11.5. The van der Waals surface area contributed by atoms with Crippen molar-refractivity contribution in [2.24, 2.45) is 52.3 Å². The maximum absolute atomic E-state index is 11.6. The van der Waals surface area contributed by atoms with Gasteiger partial charge in [0, 0.05) is 6.42 Å². The minimum atomic E-state index is -0.275. The number of carbonyl (C=O) groups excluding carboxylic acids is 1. The zero-order valence-electron chi connectivity index (χ0n) is 19.4. The first-order valence-corrected chi connectivity index (χ1v) is 12.4. The Morgan fingerprint density at radius 3 is 2.48 bits per heavy atom. The van der Waals surface area contributed by atoms with Crippen molar-refractivity contribution in [1.29, 1.82) is 0 Å². The average molecular weight is 405 g/mol. The fraction of sp³-hybridized carbons (Fsp3) is 0.962. The molecule has 4 aliphatic rings. The minimum Gasteiger partial charge on any atom is -0.393 e. The molecule has 0 aromatic heterocycles. The molecule has 0 unspecified atom stereocenters. The van der Waals surface area contributed by atoms with Crippen molar-refractivity contribution in [3.05, 3.63) is 0 Å². The van der Waals surface area contributed by atoms with Crippen molar-refractivity contribution < 1.29 is 15.0 Å². The molecule has 29 heavy (non-hydrogen) atoms. The van der Waals surface area contributed by atoms with Crippen molar-refractivity contribution in [3.63, 3.8) is 0 Å². The van der Waals surface area contributed by atoms with Gasteiger partial charge in [0.05, 0.1) is 12.2 Å². The van der Waals surface area contributed by atoms with Crippen molar-refractivity contribution in [1.82, 2.24) is 0 Å². The van der Waals surface area contributed by atoms with E-state index in [1.807, 2.05) is 0 Å². The molecule has 0 radical (unpaired) electrons. The number of ketones is 1. The number of Topliss-reactive ketones (excluding diaryl/α,β-unsaturated/α-hetero) is 1. The van der Waals surface area contributed by atoms with Crippen LogP contribution in [0, 0.1) is 52.3 Å². The van der Waals surface area contributed by atoms with Crippen LogP contribution in [0.4, 0.5) is 0 Å². The summed E-state index contributed by atoms with van der Waals surface area (Å²) in [6.07, 6.45) is 9.04. The highest BCUT2D eigenvalue weighted by atomic mass is 16.3. The first kappa shape index (κ1) is 21.8. The molecule has 0 aromatic carbocycles. The molecule has 0 bridgehead atoms. The van der Waals surface area contributed by atoms with E-state index in [0.29, 0.717) is 41.9 Å². The van der Waals surface area contributed by atoms with E-state index in [1.54, 1.807) is 6.92 Å². The van der Waals surface area contributed by atoms with E-state index in [1.165, 1.54) is 19.3 Å². The molecular weight excluding hydrogens is 360 g/mol. The molecule has 4 fully saturated rings. The molecule has 2 N–H and O–H groups in total. The molecule has 0 aliphatic heterocycles. The normalized spacial score (nSPS) is 52.9. The van der Waals surface area contributed by atoms with Gasteiger partial charge in [-0.15, -0.1) is 0 Å². The first-order chi connectivity index (χ1) is 13.6. The predicted molar refractivity (Wildman–Crippen MR) is 116 cm³/mol. The maximum atomic E-state index is 11.6. The second kappa shape index (κ2) is 7.62. The molecule has 4 rings (SSSR count). The van der Waals surface area contributed by atoms with Crippen LogP contribution in [0.2, 0.25) is 0 Å². The molecule has 0 aromatic rings. The van der Waals surface area contributed by atoms with Crippen LogP contribution < -0.4 is 0 Å². The summed E-state index contributed by atoms with van der Waals surface area (Å²) in [6, 6.07) is 0. The molecule has 166 valence electrons. The van der Waals surface area contributed by atoms with E-state index in [4.69, 9.17) is 0 Å². The van der Waals surface area contributed by atoms with Crippen LogP contribution in [0.5, 0.6) is 0 Å². The second-order valence-electron chi connectivity index (χ2n) is 12.2. The number of hydrogen-bond donors (Lipinski definition) is 2. The Bertz CT molecular complexity index is 631. The van der Waals surface area contributed by atoms with Crippen molar-refractivity contribution in [2.45, 2.75) is 105 Å². The number of fused-ring (bicyclic) bond motifs is 5. The van der Waals surface area contributed by atoms with E-state index in [0.717, 1.165) is 38.0 Å². The monoisotopic (exact) mass is 404 g/mol. The standard InChI is InChI=1S/C26H44O3/c1-15-10-11-25(4)18(12-15)13-22(28)24-20-9-8-19(16(2)6-7-17(3)27)26(20,5)23(29)14-21(24)25/h15-16,18-24,28-29H,6-14H2,1-5H3/t15-,16-,18+,19-,20+,21+,22-,23+,24+,25+,26-/m1/s1. The highest BCUT2D eigenvalue weighted by molar-refractivity contribution is 5.75. The van der Waals surface area contributed by atoms with E-state index >= 15 is 0 Å². The first-order valence-electron chi connectivity index (χ1n) is 12.4. The van der Waals surface area contributed by atoms with Crippen LogP contribution in [0.25, 0.3) is 0 Å². The van der Waals surface area contributed by atoms with Gasteiger partial charge in [0.2, 0.25) is 0 Å². The number of aliphatic hydroxyl groups is 2. The van der Waals surface area contributed by atoms with Gasteiger partial charge in [0.1, 0.15) is 5.78 Å². The second-order valence-corrected chi connectivity index (χ2v) is 12.2. The van der Waals surface area contributed by atoms with Crippen LogP contribution in [-0.2, 0) is 4.79 Å². The molecule has 3 nitrogen and oxygen atoms in total. The Morgan fingerprint density at radius 1 is 1.07 bits per heavy atom. The zero-order chi connectivity index (χ0) is 21.1. The van der Waals surface area contributed by atoms with Gasteiger partial charge in [-0.25, -0.2) is 0 Å². The molecule has 0 saturated heterocycles. The van der Waals surface area contributed by atoms with Crippen molar-refractivity contribution >= 4 is 5.78 Å². The van der Waals surface area contributed by atoms with Gasteiger partial charge in [0.15, 0.2) is 0 Å². The molecule has 0 spiro atoms. The molecule has 11 atom stereocenters. The lowest BCUT2D eigenvalue weighted by atomic mass is 9.42.